The van der Waals surface area contributed by atoms with Crippen LogP contribution < -0.4 is 16.4 Å². The molecule has 1 aliphatic rings. The smallest absolute Gasteiger partial charge is 0.227 e. The van der Waals surface area contributed by atoms with Gasteiger partial charge in [0.1, 0.15) is 0 Å². The van der Waals surface area contributed by atoms with Crippen LogP contribution in [0.2, 0.25) is 0 Å². The fourth-order valence-corrected chi connectivity index (χ4v) is 2.18. The summed E-state index contributed by atoms with van der Waals surface area (Å²) in [4.78, 5) is 22.6. The maximum Gasteiger partial charge on any atom is 0.227 e. The number of carbonyl (C=O) groups is 2. The number of rotatable bonds is 5. The standard InChI is InChI=1S/C11H21N3O2/c1-9(15)13-6-7-14-10(16)11(8-12)4-2-3-5-11/h2-8,12H2,1H3,(H,13,15)(H,14,16). The van der Waals surface area contributed by atoms with Crippen LogP contribution in [0.3, 0.4) is 0 Å². The molecular formula is C11H21N3O2. The molecular weight excluding hydrogens is 206 g/mol. The molecule has 1 saturated carbocycles. The van der Waals surface area contributed by atoms with Gasteiger partial charge in [0.25, 0.3) is 0 Å². The molecule has 1 rings (SSSR count). The predicted octanol–water partition coefficient (Wildman–Crippen LogP) is -0.242. The molecule has 5 heteroatoms. The van der Waals surface area contributed by atoms with Crippen LogP contribution in [0.1, 0.15) is 32.6 Å². The molecule has 0 aromatic rings. The van der Waals surface area contributed by atoms with E-state index in [9.17, 15) is 9.59 Å². The highest BCUT2D eigenvalue weighted by atomic mass is 16.2. The van der Waals surface area contributed by atoms with Crippen LogP contribution in [0.15, 0.2) is 0 Å². The molecule has 0 spiro atoms. The fourth-order valence-electron chi connectivity index (χ4n) is 2.18. The van der Waals surface area contributed by atoms with Crippen LogP contribution in [-0.2, 0) is 9.59 Å². The molecule has 0 saturated heterocycles. The third-order valence-electron chi connectivity index (χ3n) is 3.22. The van der Waals surface area contributed by atoms with E-state index in [2.05, 4.69) is 10.6 Å². The van der Waals surface area contributed by atoms with E-state index >= 15 is 0 Å². The van der Waals surface area contributed by atoms with Crippen LogP contribution in [0.4, 0.5) is 0 Å². The Morgan fingerprint density at radius 2 is 1.75 bits per heavy atom. The van der Waals surface area contributed by atoms with E-state index in [-0.39, 0.29) is 17.2 Å². The minimum Gasteiger partial charge on any atom is -0.355 e. The molecule has 0 atom stereocenters. The molecule has 0 bridgehead atoms. The Bertz CT molecular complexity index is 260. The normalized spacial score (nSPS) is 18.1. The molecule has 2 amide bonds. The van der Waals surface area contributed by atoms with Crippen LogP contribution in [0, 0.1) is 5.41 Å². The van der Waals surface area contributed by atoms with Crippen molar-refractivity contribution in [1.82, 2.24) is 10.6 Å². The van der Waals surface area contributed by atoms with Gasteiger partial charge in [0.15, 0.2) is 0 Å². The van der Waals surface area contributed by atoms with Crippen LogP contribution in [-0.4, -0.2) is 31.4 Å². The summed E-state index contributed by atoms with van der Waals surface area (Å²) < 4.78 is 0. The van der Waals surface area contributed by atoms with Crippen molar-refractivity contribution >= 4 is 11.8 Å². The zero-order valence-electron chi connectivity index (χ0n) is 9.84. The van der Waals surface area contributed by atoms with Crippen molar-refractivity contribution < 1.29 is 9.59 Å². The Morgan fingerprint density at radius 3 is 2.25 bits per heavy atom. The van der Waals surface area contributed by atoms with Crippen molar-refractivity contribution in [2.24, 2.45) is 11.1 Å². The second-order valence-corrected chi connectivity index (χ2v) is 4.43. The van der Waals surface area contributed by atoms with Crippen LogP contribution in [0.25, 0.3) is 0 Å². The van der Waals surface area contributed by atoms with Crippen molar-refractivity contribution in [3.63, 3.8) is 0 Å². The number of nitrogens with one attached hydrogen (secondary N) is 2. The largest absolute Gasteiger partial charge is 0.355 e. The SMILES string of the molecule is CC(=O)NCCNC(=O)C1(CN)CCCC1. The van der Waals surface area contributed by atoms with Crippen molar-refractivity contribution in [2.45, 2.75) is 32.6 Å². The monoisotopic (exact) mass is 227 g/mol. The summed E-state index contributed by atoms with van der Waals surface area (Å²) in [6.45, 7) is 2.82. The lowest BCUT2D eigenvalue weighted by Gasteiger charge is -2.25. The molecule has 0 aliphatic heterocycles. The van der Waals surface area contributed by atoms with E-state index in [1.54, 1.807) is 0 Å². The second kappa shape index (κ2) is 5.84. The third kappa shape index (κ3) is 3.20. The first-order valence-corrected chi connectivity index (χ1v) is 5.83. The molecule has 16 heavy (non-hydrogen) atoms. The van der Waals surface area contributed by atoms with E-state index in [1.165, 1.54) is 6.92 Å². The van der Waals surface area contributed by atoms with Crippen molar-refractivity contribution in [1.29, 1.82) is 0 Å². The Hall–Kier alpha value is -1.10. The topological polar surface area (TPSA) is 84.2 Å². The summed E-state index contributed by atoms with van der Waals surface area (Å²) in [5.74, 6) is -0.0403. The van der Waals surface area contributed by atoms with Crippen molar-refractivity contribution in [3.8, 4) is 0 Å². The summed E-state index contributed by atoms with van der Waals surface area (Å²) >= 11 is 0. The summed E-state index contributed by atoms with van der Waals surface area (Å²) in [7, 11) is 0. The van der Waals surface area contributed by atoms with Crippen LogP contribution in [0.5, 0.6) is 0 Å². The first-order chi connectivity index (χ1) is 7.60. The Balaban J connectivity index is 2.30. The molecule has 4 N–H and O–H groups in total. The average molecular weight is 227 g/mol. The second-order valence-electron chi connectivity index (χ2n) is 4.43. The number of hydrogen-bond donors (Lipinski definition) is 3. The van der Waals surface area contributed by atoms with Gasteiger partial charge in [-0.05, 0) is 12.8 Å². The van der Waals surface area contributed by atoms with Gasteiger partial charge in [-0.2, -0.15) is 0 Å². The van der Waals surface area contributed by atoms with E-state index in [0.29, 0.717) is 19.6 Å². The number of carbonyl (C=O) groups excluding carboxylic acids is 2. The van der Waals surface area contributed by atoms with Crippen molar-refractivity contribution in [3.05, 3.63) is 0 Å². The zero-order chi connectivity index (χ0) is 12.0. The number of nitrogens with two attached hydrogens (primary N) is 1. The molecule has 0 aromatic heterocycles. The van der Waals surface area contributed by atoms with E-state index in [0.717, 1.165) is 25.7 Å². The average Bonchev–Trinajstić information content (AvgIpc) is 2.73. The van der Waals surface area contributed by atoms with Gasteiger partial charge in [0.2, 0.25) is 11.8 Å². The highest BCUT2D eigenvalue weighted by Crippen LogP contribution is 2.37. The van der Waals surface area contributed by atoms with E-state index < -0.39 is 0 Å². The molecule has 1 fully saturated rings. The predicted molar refractivity (Wildman–Crippen MR) is 61.6 cm³/mol. The van der Waals surface area contributed by atoms with Gasteiger partial charge in [-0.3, -0.25) is 9.59 Å². The minimum absolute atomic E-state index is 0.0397. The quantitative estimate of drug-likeness (QED) is 0.567. The van der Waals surface area contributed by atoms with E-state index in [1.807, 2.05) is 0 Å². The van der Waals surface area contributed by atoms with Gasteiger partial charge < -0.3 is 16.4 Å². The Labute approximate surface area is 96.1 Å². The summed E-state index contributed by atoms with van der Waals surface area (Å²) in [5.41, 5.74) is 5.34. The Morgan fingerprint density at radius 1 is 1.19 bits per heavy atom. The van der Waals surface area contributed by atoms with Gasteiger partial charge in [0.05, 0.1) is 5.41 Å². The van der Waals surface area contributed by atoms with Gasteiger partial charge in [-0.15, -0.1) is 0 Å². The van der Waals surface area contributed by atoms with Gasteiger partial charge in [0, 0.05) is 26.6 Å². The molecule has 0 heterocycles. The first kappa shape index (κ1) is 13.0. The van der Waals surface area contributed by atoms with E-state index in [4.69, 9.17) is 5.73 Å². The number of hydrogen-bond acceptors (Lipinski definition) is 3. The van der Waals surface area contributed by atoms with Gasteiger partial charge in [-0.1, -0.05) is 12.8 Å². The summed E-state index contributed by atoms with van der Waals surface area (Å²) in [6, 6.07) is 0. The first-order valence-electron chi connectivity index (χ1n) is 5.83. The lowest BCUT2D eigenvalue weighted by molar-refractivity contribution is -0.130. The summed E-state index contributed by atoms with van der Waals surface area (Å²) in [6.07, 6.45) is 3.93. The highest BCUT2D eigenvalue weighted by molar-refractivity contribution is 5.83. The zero-order valence-corrected chi connectivity index (χ0v) is 9.84. The maximum absolute atomic E-state index is 11.9. The molecule has 92 valence electrons. The lowest BCUT2D eigenvalue weighted by Crippen LogP contribution is -2.46. The fraction of sp³-hybridized carbons (Fsp3) is 0.818. The van der Waals surface area contributed by atoms with Gasteiger partial charge in [-0.25, -0.2) is 0 Å². The molecule has 0 aromatic carbocycles. The van der Waals surface area contributed by atoms with Gasteiger partial charge >= 0.3 is 0 Å². The third-order valence-corrected chi connectivity index (χ3v) is 3.22. The molecule has 0 radical (unpaired) electrons. The van der Waals surface area contributed by atoms with Crippen LogP contribution >= 0.6 is 0 Å². The Kier molecular flexibility index (Phi) is 4.73. The maximum atomic E-state index is 11.9. The number of amides is 2. The lowest BCUT2D eigenvalue weighted by atomic mass is 9.85. The molecule has 5 nitrogen and oxygen atoms in total. The molecule has 0 unspecified atom stereocenters. The molecule has 1 aliphatic carbocycles. The minimum atomic E-state index is -0.351. The van der Waals surface area contributed by atoms with Crippen molar-refractivity contribution in [2.75, 3.05) is 19.6 Å². The summed E-state index contributed by atoms with van der Waals surface area (Å²) in [5, 5.41) is 5.48. The highest BCUT2D eigenvalue weighted by Gasteiger charge is 2.39.